The first-order valence-corrected chi connectivity index (χ1v) is 4.27. The summed E-state index contributed by atoms with van der Waals surface area (Å²) in [5.41, 5.74) is 0. The van der Waals surface area contributed by atoms with E-state index in [1.54, 1.807) is 0 Å². The van der Waals surface area contributed by atoms with Crippen molar-refractivity contribution in [2.45, 2.75) is 0 Å². The number of quaternary nitrogens is 2. The molecule has 0 aliphatic heterocycles. The number of hydrogen-bond donors (Lipinski definition) is 0. The van der Waals surface area contributed by atoms with Crippen LogP contribution in [0.15, 0.2) is 0 Å². The summed E-state index contributed by atoms with van der Waals surface area (Å²) in [6, 6.07) is 0. The Morgan fingerprint density at radius 1 is 0.714 bits per heavy atom. The SMILES string of the molecule is C[N+](C)(C)C.C[N+](C)(C)C.[O-]B([O-])F. The zero-order valence-electron chi connectivity index (χ0n) is 10.7. The summed E-state index contributed by atoms with van der Waals surface area (Å²) in [6.45, 7) is 0. The highest BCUT2D eigenvalue weighted by Gasteiger charge is 1.88. The summed E-state index contributed by atoms with van der Waals surface area (Å²) in [4.78, 5) is 0. The highest BCUT2D eigenvalue weighted by molar-refractivity contribution is 6.27. The average molecular weight is 210 g/mol. The van der Waals surface area contributed by atoms with Gasteiger partial charge in [0, 0.05) is 0 Å². The monoisotopic (exact) mass is 210 g/mol. The maximum absolute atomic E-state index is 9.89. The molecule has 0 saturated carbocycles. The molecule has 0 saturated heterocycles. The van der Waals surface area contributed by atoms with Crippen LogP contribution in [0.2, 0.25) is 0 Å². The Morgan fingerprint density at radius 2 is 0.714 bits per heavy atom. The molecule has 88 valence electrons. The van der Waals surface area contributed by atoms with Gasteiger partial charge in [0.15, 0.2) is 0 Å². The fourth-order valence-corrected chi connectivity index (χ4v) is 0. The number of hydrogen-bond acceptors (Lipinski definition) is 2. The van der Waals surface area contributed by atoms with Gasteiger partial charge in [0.05, 0.1) is 56.4 Å². The van der Waals surface area contributed by atoms with Crippen LogP contribution in [0.3, 0.4) is 0 Å². The van der Waals surface area contributed by atoms with Gasteiger partial charge in [0.25, 0.3) is 0 Å². The summed E-state index contributed by atoms with van der Waals surface area (Å²) in [5.74, 6) is 0. The van der Waals surface area contributed by atoms with Gasteiger partial charge >= 0.3 is 0 Å². The molecule has 0 amide bonds. The lowest BCUT2D eigenvalue weighted by Gasteiger charge is -2.14. The summed E-state index contributed by atoms with van der Waals surface area (Å²) < 4.78 is 11.9. The molecule has 0 spiro atoms. The Labute approximate surface area is 87.9 Å². The summed E-state index contributed by atoms with van der Waals surface area (Å²) in [6.07, 6.45) is 0. The van der Waals surface area contributed by atoms with E-state index in [2.05, 4.69) is 56.4 Å². The molecule has 0 aromatic heterocycles. The van der Waals surface area contributed by atoms with Crippen LogP contribution in [0.25, 0.3) is 0 Å². The topological polar surface area (TPSA) is 46.1 Å². The van der Waals surface area contributed by atoms with E-state index < -0.39 is 7.40 Å². The van der Waals surface area contributed by atoms with E-state index in [0.29, 0.717) is 0 Å². The van der Waals surface area contributed by atoms with Crippen molar-refractivity contribution in [2.24, 2.45) is 0 Å². The Hall–Kier alpha value is -0.165. The standard InChI is InChI=1S/2C4H12N.BFO2/c2*1-5(2,3)4;2-1(3)4/h2*1-4H3;/q2*+1;-2. The third-order valence-corrected chi connectivity index (χ3v) is 0. The van der Waals surface area contributed by atoms with Crippen molar-refractivity contribution in [3.05, 3.63) is 0 Å². The molecule has 0 aliphatic carbocycles. The fourth-order valence-electron chi connectivity index (χ4n) is 0. The molecular weight excluding hydrogens is 186 g/mol. The predicted octanol–water partition coefficient (Wildman–Crippen LogP) is -1.69. The maximum Gasteiger partial charge on any atom is 0.121 e. The minimum absolute atomic E-state index is 1.00. The van der Waals surface area contributed by atoms with Crippen molar-refractivity contribution in [1.29, 1.82) is 0 Å². The lowest BCUT2D eigenvalue weighted by molar-refractivity contribution is -0.849. The van der Waals surface area contributed by atoms with Gasteiger partial charge in [-0.1, -0.05) is 0 Å². The van der Waals surface area contributed by atoms with Crippen LogP contribution in [-0.2, 0) is 0 Å². The minimum Gasteiger partial charge on any atom is -0.867 e. The second-order valence-corrected chi connectivity index (χ2v) is 5.64. The molecule has 0 fully saturated rings. The van der Waals surface area contributed by atoms with Crippen LogP contribution in [-0.4, -0.2) is 72.7 Å². The van der Waals surface area contributed by atoms with Gasteiger partial charge in [-0.25, -0.2) is 0 Å². The van der Waals surface area contributed by atoms with E-state index >= 15 is 0 Å². The quantitative estimate of drug-likeness (QED) is 0.353. The van der Waals surface area contributed by atoms with Crippen LogP contribution in [0.1, 0.15) is 0 Å². The second-order valence-electron chi connectivity index (χ2n) is 5.64. The lowest BCUT2D eigenvalue weighted by atomic mass is 10.3. The van der Waals surface area contributed by atoms with Gasteiger partial charge in [0.2, 0.25) is 0 Å². The number of nitrogens with zero attached hydrogens (tertiary/aromatic N) is 2. The molecule has 0 atom stereocenters. The third-order valence-electron chi connectivity index (χ3n) is 0. The van der Waals surface area contributed by atoms with E-state index in [9.17, 15) is 4.32 Å². The van der Waals surface area contributed by atoms with Crippen LogP contribution in [0, 0.1) is 0 Å². The van der Waals surface area contributed by atoms with Crippen molar-refractivity contribution in [3.8, 4) is 0 Å². The van der Waals surface area contributed by atoms with Crippen molar-refractivity contribution in [3.63, 3.8) is 0 Å². The summed E-state index contributed by atoms with van der Waals surface area (Å²) in [7, 11) is 13.8. The highest BCUT2D eigenvalue weighted by Crippen LogP contribution is 1.74. The van der Waals surface area contributed by atoms with Crippen LogP contribution >= 0.6 is 0 Å². The van der Waals surface area contributed by atoms with E-state index in [1.165, 1.54) is 0 Å². The first-order valence-electron chi connectivity index (χ1n) is 4.27. The molecule has 0 rings (SSSR count). The first-order chi connectivity index (χ1) is 5.73. The van der Waals surface area contributed by atoms with Crippen molar-refractivity contribution >= 4 is 7.40 Å². The fraction of sp³-hybridized carbons (Fsp3) is 1.00. The van der Waals surface area contributed by atoms with Gasteiger partial charge in [-0.15, -0.1) is 0 Å². The van der Waals surface area contributed by atoms with E-state index in [-0.39, 0.29) is 0 Å². The Balaban J connectivity index is -0.000000131. The van der Waals surface area contributed by atoms with Gasteiger partial charge in [-0.3, -0.25) is 0 Å². The highest BCUT2D eigenvalue weighted by atomic mass is 19.1. The van der Waals surface area contributed by atoms with Crippen LogP contribution < -0.4 is 10.0 Å². The van der Waals surface area contributed by atoms with Gasteiger partial charge in [-0.05, 0) is 0 Å². The molecule has 0 bridgehead atoms. The molecule has 0 aliphatic rings. The predicted molar refractivity (Wildman–Crippen MR) is 54.8 cm³/mol. The van der Waals surface area contributed by atoms with Gasteiger partial charge in [0.1, 0.15) is 7.40 Å². The average Bonchev–Trinajstić information content (AvgIpc) is 1.45. The minimum atomic E-state index is -3.17. The van der Waals surface area contributed by atoms with Crippen LogP contribution in [0.4, 0.5) is 4.32 Å². The molecule has 4 nitrogen and oxygen atoms in total. The zero-order chi connectivity index (χ0) is 12.6. The smallest absolute Gasteiger partial charge is 0.121 e. The molecule has 0 unspecified atom stereocenters. The molecule has 0 aromatic rings. The normalized spacial score (nSPS) is 10.5. The summed E-state index contributed by atoms with van der Waals surface area (Å²) in [5, 5.41) is 16.6. The molecule has 14 heavy (non-hydrogen) atoms. The lowest BCUT2D eigenvalue weighted by Crippen LogP contribution is -2.39. The zero-order valence-corrected chi connectivity index (χ0v) is 10.7. The van der Waals surface area contributed by atoms with Crippen molar-refractivity contribution < 1.29 is 23.3 Å². The molecule has 0 heterocycles. The number of rotatable bonds is 0. The molecule has 0 radical (unpaired) electrons. The van der Waals surface area contributed by atoms with E-state index in [1.807, 2.05) is 0 Å². The van der Waals surface area contributed by atoms with Gasteiger partial charge in [-0.2, -0.15) is 0 Å². The van der Waals surface area contributed by atoms with Crippen LogP contribution in [0.5, 0.6) is 0 Å². The summed E-state index contributed by atoms with van der Waals surface area (Å²) >= 11 is 0. The molecule has 6 heteroatoms. The Kier molecular flexibility index (Phi) is 11.3. The van der Waals surface area contributed by atoms with E-state index in [4.69, 9.17) is 10.0 Å². The maximum atomic E-state index is 9.89. The van der Waals surface area contributed by atoms with Crippen molar-refractivity contribution in [1.82, 2.24) is 0 Å². The van der Waals surface area contributed by atoms with Gasteiger partial charge < -0.3 is 23.3 Å². The Bertz CT molecular complexity index is 94.7. The second kappa shape index (κ2) is 8.17. The number of halogens is 1. The Morgan fingerprint density at radius 3 is 0.714 bits per heavy atom. The van der Waals surface area contributed by atoms with Crippen molar-refractivity contribution in [2.75, 3.05) is 56.4 Å². The first kappa shape index (κ1) is 19.4. The molecular formula is C8H24BFN2O2. The molecule has 0 aromatic carbocycles. The largest absolute Gasteiger partial charge is 0.867 e. The third kappa shape index (κ3) is 51000. The molecule has 0 N–H and O–H groups in total. The van der Waals surface area contributed by atoms with E-state index in [0.717, 1.165) is 8.97 Å².